The molecule has 10 nitrogen and oxygen atoms in total. The standard InChI is InChI=1S/C19H28N4O6/c1-3-9-23-16(20)15(18(27)22(2)19(23)28)13(24)11-29-14(25)10-21-17(26)12-7-5-4-6-8-12/h12H,3-11,20H2,1-2H3,(H,21,26). The molecule has 0 atom stereocenters. The first kappa shape index (κ1) is 22.4. The third-order valence-corrected chi connectivity index (χ3v) is 5.06. The predicted molar refractivity (Wildman–Crippen MR) is 106 cm³/mol. The Morgan fingerprint density at radius 2 is 1.83 bits per heavy atom. The lowest BCUT2D eigenvalue weighted by Gasteiger charge is -2.20. The lowest BCUT2D eigenvalue weighted by atomic mass is 9.89. The van der Waals surface area contributed by atoms with Gasteiger partial charge < -0.3 is 15.8 Å². The number of Topliss-reactive ketones (excluding diaryl/α,β-unsaturated/α-hetero) is 1. The smallest absolute Gasteiger partial charge is 0.332 e. The summed E-state index contributed by atoms with van der Waals surface area (Å²) >= 11 is 0. The maximum atomic E-state index is 12.4. The number of hydrogen-bond donors (Lipinski definition) is 2. The van der Waals surface area contributed by atoms with Gasteiger partial charge in [0.1, 0.15) is 17.9 Å². The van der Waals surface area contributed by atoms with Crippen molar-refractivity contribution in [1.82, 2.24) is 14.5 Å². The van der Waals surface area contributed by atoms with Crippen molar-refractivity contribution in [3.63, 3.8) is 0 Å². The summed E-state index contributed by atoms with van der Waals surface area (Å²) < 4.78 is 6.82. The van der Waals surface area contributed by atoms with Gasteiger partial charge in [0, 0.05) is 19.5 Å². The minimum atomic E-state index is -0.841. The van der Waals surface area contributed by atoms with Crippen LogP contribution in [0.5, 0.6) is 0 Å². The molecule has 1 aromatic rings. The molecule has 10 heteroatoms. The molecule has 3 N–H and O–H groups in total. The molecule has 160 valence electrons. The fourth-order valence-electron chi connectivity index (χ4n) is 3.42. The van der Waals surface area contributed by atoms with E-state index in [1.165, 1.54) is 7.05 Å². The molecule has 1 aliphatic carbocycles. The van der Waals surface area contributed by atoms with E-state index >= 15 is 0 Å². The van der Waals surface area contributed by atoms with Gasteiger partial charge in [0.15, 0.2) is 6.61 Å². The lowest BCUT2D eigenvalue weighted by Crippen LogP contribution is -2.43. The average Bonchev–Trinajstić information content (AvgIpc) is 2.72. The van der Waals surface area contributed by atoms with Crippen LogP contribution in [0.2, 0.25) is 0 Å². The minimum Gasteiger partial charge on any atom is -0.456 e. The molecule has 0 saturated heterocycles. The number of hydrogen-bond acceptors (Lipinski definition) is 7. The maximum absolute atomic E-state index is 12.4. The van der Waals surface area contributed by atoms with Crippen LogP contribution in [0.15, 0.2) is 9.59 Å². The number of nitrogens with two attached hydrogens (primary N) is 1. The highest BCUT2D eigenvalue weighted by molar-refractivity contribution is 6.01. The predicted octanol–water partition coefficient (Wildman–Crippen LogP) is -0.0384. The average molecular weight is 408 g/mol. The van der Waals surface area contributed by atoms with Crippen LogP contribution in [0.3, 0.4) is 0 Å². The SMILES string of the molecule is CCCn1c(N)c(C(=O)COC(=O)CNC(=O)C2CCCCC2)c(=O)n(C)c1=O. The summed E-state index contributed by atoms with van der Waals surface area (Å²) in [6, 6.07) is 0. The molecule has 2 rings (SSSR count). The molecule has 0 aromatic carbocycles. The van der Waals surface area contributed by atoms with Crippen LogP contribution in [0.1, 0.15) is 55.8 Å². The number of nitrogen functional groups attached to an aromatic ring is 1. The molecule has 1 fully saturated rings. The van der Waals surface area contributed by atoms with Crippen molar-refractivity contribution < 1.29 is 19.1 Å². The van der Waals surface area contributed by atoms with Gasteiger partial charge in [-0.2, -0.15) is 0 Å². The minimum absolute atomic E-state index is 0.0966. The Balaban J connectivity index is 1.98. The Morgan fingerprint density at radius 3 is 2.45 bits per heavy atom. The molecule has 1 aromatic heterocycles. The van der Waals surface area contributed by atoms with Gasteiger partial charge in [-0.05, 0) is 19.3 Å². The Bertz CT molecular complexity index is 895. The number of ether oxygens (including phenoxy) is 1. The van der Waals surface area contributed by atoms with E-state index in [2.05, 4.69) is 5.32 Å². The first-order chi connectivity index (χ1) is 13.8. The van der Waals surface area contributed by atoms with E-state index < -0.39 is 29.6 Å². The van der Waals surface area contributed by atoms with Crippen LogP contribution in [-0.2, 0) is 27.9 Å². The van der Waals surface area contributed by atoms with Crippen molar-refractivity contribution in [3.8, 4) is 0 Å². The van der Waals surface area contributed by atoms with E-state index in [4.69, 9.17) is 10.5 Å². The van der Waals surface area contributed by atoms with Crippen LogP contribution < -0.4 is 22.3 Å². The monoisotopic (exact) mass is 408 g/mol. The normalized spacial score (nSPS) is 14.4. The van der Waals surface area contributed by atoms with Gasteiger partial charge in [0.25, 0.3) is 5.56 Å². The van der Waals surface area contributed by atoms with Crippen LogP contribution in [0, 0.1) is 5.92 Å². The van der Waals surface area contributed by atoms with Gasteiger partial charge >= 0.3 is 11.7 Å². The van der Waals surface area contributed by atoms with Gasteiger partial charge in [0.2, 0.25) is 11.7 Å². The van der Waals surface area contributed by atoms with Gasteiger partial charge in [-0.25, -0.2) is 4.79 Å². The van der Waals surface area contributed by atoms with Crippen molar-refractivity contribution in [3.05, 3.63) is 26.4 Å². The molecule has 0 bridgehead atoms. The highest BCUT2D eigenvalue weighted by Gasteiger charge is 2.24. The molecule has 1 saturated carbocycles. The number of rotatable bonds is 8. The first-order valence-corrected chi connectivity index (χ1v) is 9.83. The quantitative estimate of drug-likeness (QED) is 0.454. The second-order valence-corrected chi connectivity index (χ2v) is 7.20. The van der Waals surface area contributed by atoms with Crippen LogP contribution in [-0.4, -0.2) is 39.9 Å². The number of esters is 1. The Labute approximate surface area is 168 Å². The maximum Gasteiger partial charge on any atom is 0.332 e. The molecule has 0 unspecified atom stereocenters. The number of aromatic nitrogens is 2. The third kappa shape index (κ3) is 5.33. The molecular weight excluding hydrogens is 380 g/mol. The fourth-order valence-corrected chi connectivity index (χ4v) is 3.42. The lowest BCUT2D eigenvalue weighted by molar-refractivity contribution is -0.143. The van der Waals surface area contributed by atoms with E-state index in [1.54, 1.807) is 0 Å². The highest BCUT2D eigenvalue weighted by atomic mass is 16.5. The van der Waals surface area contributed by atoms with Crippen LogP contribution in [0.25, 0.3) is 0 Å². The van der Waals surface area contributed by atoms with Gasteiger partial charge in [-0.15, -0.1) is 0 Å². The number of ketones is 1. The summed E-state index contributed by atoms with van der Waals surface area (Å²) in [5, 5.41) is 2.52. The second-order valence-electron chi connectivity index (χ2n) is 7.20. The van der Waals surface area contributed by atoms with E-state index in [0.717, 1.165) is 41.2 Å². The molecule has 0 spiro atoms. The first-order valence-electron chi connectivity index (χ1n) is 9.83. The Morgan fingerprint density at radius 1 is 1.17 bits per heavy atom. The molecule has 1 heterocycles. The Hall–Kier alpha value is -2.91. The van der Waals surface area contributed by atoms with Crippen molar-refractivity contribution >= 4 is 23.5 Å². The summed E-state index contributed by atoms with van der Waals surface area (Å²) in [5.41, 5.74) is 4.01. The van der Waals surface area contributed by atoms with Crippen LogP contribution in [0.4, 0.5) is 5.82 Å². The topological polar surface area (TPSA) is 142 Å². The molecule has 1 aliphatic rings. The third-order valence-electron chi connectivity index (χ3n) is 5.06. The second kappa shape index (κ2) is 10.0. The summed E-state index contributed by atoms with van der Waals surface area (Å²) in [7, 11) is 1.25. The van der Waals surface area contributed by atoms with E-state index in [1.807, 2.05) is 6.92 Å². The van der Waals surface area contributed by atoms with Crippen molar-refractivity contribution in [2.45, 2.75) is 52.0 Å². The molecule has 0 radical (unpaired) electrons. The number of amides is 1. The molecular formula is C19H28N4O6. The van der Waals surface area contributed by atoms with Crippen molar-refractivity contribution in [2.75, 3.05) is 18.9 Å². The largest absolute Gasteiger partial charge is 0.456 e. The number of nitrogens with zero attached hydrogens (tertiary/aromatic N) is 2. The van der Waals surface area contributed by atoms with Gasteiger partial charge in [-0.3, -0.25) is 28.3 Å². The zero-order valence-electron chi connectivity index (χ0n) is 16.9. The van der Waals surface area contributed by atoms with Crippen LogP contribution >= 0.6 is 0 Å². The number of anilines is 1. The number of nitrogens with one attached hydrogen (secondary N) is 1. The van der Waals surface area contributed by atoms with Gasteiger partial charge in [0.05, 0.1) is 0 Å². The molecule has 29 heavy (non-hydrogen) atoms. The highest BCUT2D eigenvalue weighted by Crippen LogP contribution is 2.23. The molecule has 0 aliphatic heterocycles. The zero-order chi connectivity index (χ0) is 21.6. The van der Waals surface area contributed by atoms with Crippen molar-refractivity contribution in [1.29, 1.82) is 0 Å². The zero-order valence-corrected chi connectivity index (χ0v) is 16.9. The summed E-state index contributed by atoms with van der Waals surface area (Å²) in [6.45, 7) is 1.00. The van der Waals surface area contributed by atoms with Crippen molar-refractivity contribution in [2.24, 2.45) is 13.0 Å². The summed E-state index contributed by atoms with van der Waals surface area (Å²) in [6.07, 6.45) is 5.28. The number of carbonyl (C=O) groups is 3. The fraction of sp³-hybridized carbons (Fsp3) is 0.632. The van der Waals surface area contributed by atoms with E-state index in [-0.39, 0.29) is 36.3 Å². The van der Waals surface area contributed by atoms with Gasteiger partial charge in [-0.1, -0.05) is 26.2 Å². The van der Waals surface area contributed by atoms with E-state index in [9.17, 15) is 24.0 Å². The molecule has 1 amide bonds. The number of carbonyl (C=O) groups excluding carboxylic acids is 3. The Kier molecular flexibility index (Phi) is 7.74. The summed E-state index contributed by atoms with van der Waals surface area (Å²) in [4.78, 5) is 60.8. The summed E-state index contributed by atoms with van der Waals surface area (Å²) in [5.74, 6) is -2.13. The van der Waals surface area contributed by atoms with E-state index in [0.29, 0.717) is 6.42 Å².